The standard InChI is InChI=1S/C18H14F3NO2S2/c19-18(20,21)12-4-1-3-11(9-12)17(24)22-10-13-6-7-15(26-13)16(23)14-5-2-8-25-14/h1-9,16,23H,10H2,(H,22,24)/t16-/m0/s1. The number of hydrogen-bond acceptors (Lipinski definition) is 4. The number of alkyl halides is 3. The van der Waals surface area contributed by atoms with Crippen LogP contribution in [0.15, 0.2) is 53.9 Å². The first-order valence-electron chi connectivity index (χ1n) is 7.60. The number of aliphatic hydroxyl groups excluding tert-OH is 1. The number of carbonyl (C=O) groups excluding carboxylic acids is 1. The minimum Gasteiger partial charge on any atom is -0.382 e. The van der Waals surface area contributed by atoms with Crippen molar-refractivity contribution in [3.8, 4) is 0 Å². The van der Waals surface area contributed by atoms with Crippen LogP contribution in [0.3, 0.4) is 0 Å². The van der Waals surface area contributed by atoms with Crippen molar-refractivity contribution < 1.29 is 23.1 Å². The zero-order valence-electron chi connectivity index (χ0n) is 13.3. The molecule has 0 spiro atoms. The Kier molecular flexibility index (Phi) is 5.45. The molecule has 3 nitrogen and oxygen atoms in total. The number of hydrogen-bond donors (Lipinski definition) is 2. The van der Waals surface area contributed by atoms with E-state index in [-0.39, 0.29) is 12.1 Å². The summed E-state index contributed by atoms with van der Waals surface area (Å²) >= 11 is 2.79. The number of aliphatic hydroxyl groups is 1. The molecule has 0 aliphatic carbocycles. The van der Waals surface area contributed by atoms with Crippen LogP contribution in [-0.4, -0.2) is 11.0 Å². The summed E-state index contributed by atoms with van der Waals surface area (Å²) in [5, 5.41) is 14.8. The van der Waals surface area contributed by atoms with Gasteiger partial charge in [0, 0.05) is 20.2 Å². The lowest BCUT2D eigenvalue weighted by Gasteiger charge is -2.09. The average molecular weight is 397 g/mol. The summed E-state index contributed by atoms with van der Waals surface area (Å²) in [5.74, 6) is -0.579. The van der Waals surface area contributed by atoms with Crippen LogP contribution in [0.2, 0.25) is 0 Å². The zero-order chi connectivity index (χ0) is 18.7. The van der Waals surface area contributed by atoms with Gasteiger partial charge < -0.3 is 10.4 Å². The fourth-order valence-electron chi connectivity index (χ4n) is 2.33. The lowest BCUT2D eigenvalue weighted by Crippen LogP contribution is -2.22. The van der Waals surface area contributed by atoms with Crippen molar-refractivity contribution in [3.63, 3.8) is 0 Å². The van der Waals surface area contributed by atoms with E-state index in [0.29, 0.717) is 0 Å². The van der Waals surface area contributed by atoms with Crippen molar-refractivity contribution >= 4 is 28.6 Å². The van der Waals surface area contributed by atoms with E-state index in [4.69, 9.17) is 0 Å². The maximum Gasteiger partial charge on any atom is 0.416 e. The molecule has 1 atom stereocenters. The lowest BCUT2D eigenvalue weighted by molar-refractivity contribution is -0.137. The number of thiophene rings is 2. The van der Waals surface area contributed by atoms with Gasteiger partial charge in [0.2, 0.25) is 0 Å². The Morgan fingerprint density at radius 2 is 1.92 bits per heavy atom. The Balaban J connectivity index is 1.64. The summed E-state index contributed by atoms with van der Waals surface area (Å²) in [4.78, 5) is 14.5. The molecule has 0 saturated heterocycles. The summed E-state index contributed by atoms with van der Waals surface area (Å²) < 4.78 is 38.2. The van der Waals surface area contributed by atoms with Gasteiger partial charge in [0.15, 0.2) is 0 Å². The SMILES string of the molecule is O=C(NCc1ccc([C@@H](O)c2cccs2)s1)c1cccc(C(F)(F)F)c1. The van der Waals surface area contributed by atoms with Crippen molar-refractivity contribution in [1.82, 2.24) is 5.32 Å². The Morgan fingerprint density at radius 1 is 1.12 bits per heavy atom. The predicted octanol–water partition coefficient (Wildman–Crippen LogP) is 4.84. The topological polar surface area (TPSA) is 49.3 Å². The fraction of sp³-hybridized carbons (Fsp3) is 0.167. The van der Waals surface area contributed by atoms with Gasteiger partial charge in [0.25, 0.3) is 5.91 Å². The third kappa shape index (κ3) is 4.32. The molecule has 1 aromatic carbocycles. The minimum absolute atomic E-state index is 0.0461. The molecule has 136 valence electrons. The zero-order valence-corrected chi connectivity index (χ0v) is 14.9. The molecule has 8 heteroatoms. The highest BCUT2D eigenvalue weighted by molar-refractivity contribution is 7.12. The molecule has 1 amide bonds. The molecule has 0 saturated carbocycles. The van der Waals surface area contributed by atoms with Gasteiger partial charge in [-0.05, 0) is 41.8 Å². The van der Waals surface area contributed by atoms with Crippen LogP contribution in [0.5, 0.6) is 0 Å². The highest BCUT2D eigenvalue weighted by atomic mass is 32.1. The summed E-state index contributed by atoms with van der Waals surface area (Å²) in [5.41, 5.74) is -0.905. The second-order valence-corrected chi connectivity index (χ2v) is 7.66. The first-order chi connectivity index (χ1) is 12.3. The Hall–Kier alpha value is -2.16. The van der Waals surface area contributed by atoms with Crippen LogP contribution in [0.25, 0.3) is 0 Å². The van der Waals surface area contributed by atoms with E-state index < -0.39 is 23.8 Å². The number of carbonyl (C=O) groups is 1. The number of nitrogens with one attached hydrogen (secondary N) is 1. The smallest absolute Gasteiger partial charge is 0.382 e. The van der Waals surface area contributed by atoms with E-state index in [1.807, 2.05) is 17.5 Å². The highest BCUT2D eigenvalue weighted by Gasteiger charge is 2.30. The summed E-state index contributed by atoms with van der Waals surface area (Å²) in [6.45, 7) is 0.177. The Morgan fingerprint density at radius 3 is 2.62 bits per heavy atom. The van der Waals surface area contributed by atoms with Gasteiger partial charge in [-0.2, -0.15) is 13.2 Å². The van der Waals surface area contributed by atoms with Crippen LogP contribution in [0.1, 0.15) is 36.7 Å². The Bertz CT molecular complexity index is 888. The van der Waals surface area contributed by atoms with Crippen molar-refractivity contribution in [2.45, 2.75) is 18.8 Å². The second-order valence-electron chi connectivity index (χ2n) is 5.48. The van der Waals surface area contributed by atoms with E-state index >= 15 is 0 Å². The van der Waals surface area contributed by atoms with Gasteiger partial charge in [-0.1, -0.05) is 12.1 Å². The van der Waals surface area contributed by atoms with Crippen LogP contribution in [0, 0.1) is 0 Å². The van der Waals surface area contributed by atoms with Crippen LogP contribution < -0.4 is 5.32 Å². The average Bonchev–Trinajstić information content (AvgIpc) is 3.30. The predicted molar refractivity (Wildman–Crippen MR) is 95.3 cm³/mol. The van der Waals surface area contributed by atoms with Gasteiger partial charge in [-0.3, -0.25) is 4.79 Å². The molecule has 0 unspecified atom stereocenters. The van der Waals surface area contributed by atoms with E-state index in [0.717, 1.165) is 26.8 Å². The maximum absolute atomic E-state index is 12.7. The molecule has 0 aliphatic rings. The highest BCUT2D eigenvalue weighted by Crippen LogP contribution is 2.31. The van der Waals surface area contributed by atoms with Crippen molar-refractivity contribution in [1.29, 1.82) is 0 Å². The molecule has 3 rings (SSSR count). The van der Waals surface area contributed by atoms with Gasteiger partial charge in [-0.25, -0.2) is 0 Å². The van der Waals surface area contributed by atoms with Crippen molar-refractivity contribution in [3.05, 3.63) is 79.7 Å². The molecule has 0 fully saturated rings. The molecule has 2 aromatic heterocycles. The molecular formula is C18H14F3NO2S2. The molecule has 0 radical (unpaired) electrons. The quantitative estimate of drug-likeness (QED) is 0.647. The van der Waals surface area contributed by atoms with Crippen molar-refractivity contribution in [2.75, 3.05) is 0 Å². The van der Waals surface area contributed by atoms with E-state index in [9.17, 15) is 23.1 Å². The molecular weight excluding hydrogens is 383 g/mol. The summed E-state index contributed by atoms with van der Waals surface area (Å²) in [7, 11) is 0. The van der Waals surface area contributed by atoms with E-state index in [2.05, 4.69) is 5.32 Å². The van der Waals surface area contributed by atoms with Crippen LogP contribution >= 0.6 is 22.7 Å². The first-order valence-corrected chi connectivity index (χ1v) is 9.30. The van der Waals surface area contributed by atoms with Gasteiger partial charge >= 0.3 is 6.18 Å². The van der Waals surface area contributed by atoms with Crippen molar-refractivity contribution in [2.24, 2.45) is 0 Å². The number of rotatable bonds is 5. The maximum atomic E-state index is 12.7. The van der Waals surface area contributed by atoms with E-state index in [1.54, 1.807) is 12.1 Å². The third-order valence-corrected chi connectivity index (χ3v) is 5.70. The van der Waals surface area contributed by atoms with E-state index in [1.165, 1.54) is 34.8 Å². The molecule has 26 heavy (non-hydrogen) atoms. The largest absolute Gasteiger partial charge is 0.416 e. The minimum atomic E-state index is -4.49. The summed E-state index contributed by atoms with van der Waals surface area (Å²) in [6.07, 6.45) is -5.20. The molecule has 0 aliphatic heterocycles. The number of amides is 1. The first kappa shape index (κ1) is 18.6. The third-order valence-electron chi connectivity index (χ3n) is 3.64. The van der Waals surface area contributed by atoms with Gasteiger partial charge in [0.1, 0.15) is 6.10 Å². The normalized spacial score (nSPS) is 12.8. The Labute approximate surface area is 155 Å². The number of benzene rings is 1. The fourth-order valence-corrected chi connectivity index (χ4v) is 4.09. The summed E-state index contributed by atoms with van der Waals surface area (Å²) in [6, 6.07) is 11.6. The van der Waals surface area contributed by atoms with Gasteiger partial charge in [0.05, 0.1) is 12.1 Å². The van der Waals surface area contributed by atoms with Gasteiger partial charge in [-0.15, -0.1) is 22.7 Å². The molecule has 2 N–H and O–H groups in total. The second kappa shape index (κ2) is 7.61. The number of halogens is 3. The lowest BCUT2D eigenvalue weighted by atomic mass is 10.1. The van der Waals surface area contributed by atoms with Crippen LogP contribution in [0.4, 0.5) is 13.2 Å². The molecule has 2 heterocycles. The molecule has 0 bridgehead atoms. The molecule has 3 aromatic rings. The van der Waals surface area contributed by atoms with Crippen LogP contribution in [-0.2, 0) is 12.7 Å². The monoisotopic (exact) mass is 397 g/mol.